The second-order valence-electron chi connectivity index (χ2n) is 10.3. The van der Waals surface area contributed by atoms with Crippen molar-refractivity contribution in [2.75, 3.05) is 50.8 Å². The average molecular weight is 525 g/mol. The van der Waals surface area contributed by atoms with E-state index in [9.17, 15) is 18.7 Å². The largest absolute Gasteiger partial charge is 0.336 e. The standard InChI is InChI=1S/C28H36N4O4S/c1-21(2)29-10-12-30(13-11-29)27(33)23-8-9-25-24(18-23)19-26(32(25)20-22-6-4-3-5-7-22)28(34)31-14-16-37(35,36)17-15-31/h3-9,18-19,21,35-36H,10-17,20H2,1-2H3. The van der Waals surface area contributed by atoms with Crippen LogP contribution in [0, 0.1) is 0 Å². The maximum atomic E-state index is 13.6. The third-order valence-corrected chi connectivity index (χ3v) is 9.22. The van der Waals surface area contributed by atoms with Gasteiger partial charge in [0.05, 0.1) is 11.5 Å². The Kier molecular flexibility index (Phi) is 7.31. The Morgan fingerprint density at radius 3 is 2.14 bits per heavy atom. The molecule has 9 heteroatoms. The second-order valence-corrected chi connectivity index (χ2v) is 12.7. The maximum absolute atomic E-state index is 13.6. The Balaban J connectivity index is 1.45. The summed E-state index contributed by atoms with van der Waals surface area (Å²) in [6.45, 7) is 8.69. The molecule has 0 unspecified atom stereocenters. The van der Waals surface area contributed by atoms with Crippen molar-refractivity contribution in [3.8, 4) is 0 Å². The van der Waals surface area contributed by atoms with Gasteiger partial charge in [0.25, 0.3) is 11.8 Å². The molecule has 2 N–H and O–H groups in total. The lowest BCUT2D eigenvalue weighted by Crippen LogP contribution is -2.50. The molecule has 0 spiro atoms. The van der Waals surface area contributed by atoms with Crippen LogP contribution in [-0.4, -0.2) is 97.0 Å². The van der Waals surface area contributed by atoms with E-state index in [-0.39, 0.29) is 23.3 Å². The fourth-order valence-corrected chi connectivity index (χ4v) is 6.46. The summed E-state index contributed by atoms with van der Waals surface area (Å²) in [7, 11) is -2.59. The molecule has 3 aromatic rings. The average Bonchev–Trinajstić information content (AvgIpc) is 3.26. The molecule has 0 radical (unpaired) electrons. The lowest BCUT2D eigenvalue weighted by atomic mass is 10.1. The van der Waals surface area contributed by atoms with Crippen LogP contribution in [0.5, 0.6) is 0 Å². The molecule has 37 heavy (non-hydrogen) atoms. The van der Waals surface area contributed by atoms with E-state index in [0.29, 0.717) is 50.0 Å². The van der Waals surface area contributed by atoms with E-state index in [4.69, 9.17) is 0 Å². The number of carbonyl (C=O) groups excluding carboxylic acids is 2. The first-order valence-corrected chi connectivity index (χ1v) is 14.8. The number of nitrogens with zero attached hydrogens (tertiary/aromatic N) is 4. The van der Waals surface area contributed by atoms with Crippen LogP contribution in [0.2, 0.25) is 0 Å². The maximum Gasteiger partial charge on any atom is 0.270 e. The highest BCUT2D eigenvalue weighted by molar-refractivity contribution is 8.24. The minimum atomic E-state index is -2.59. The van der Waals surface area contributed by atoms with Crippen LogP contribution in [0.4, 0.5) is 0 Å². The van der Waals surface area contributed by atoms with Gasteiger partial charge in [-0.2, -0.15) is 10.6 Å². The van der Waals surface area contributed by atoms with Gasteiger partial charge in [0.2, 0.25) is 0 Å². The third-order valence-electron chi connectivity index (χ3n) is 7.55. The SMILES string of the molecule is CC(C)N1CCN(C(=O)c2ccc3c(c2)cc(C(=O)N2CCS(O)(O)CC2)n3Cc2ccccc2)CC1. The summed E-state index contributed by atoms with van der Waals surface area (Å²) in [5, 5.41) is 0.854. The van der Waals surface area contributed by atoms with Crippen LogP contribution in [0.15, 0.2) is 54.6 Å². The summed E-state index contributed by atoms with van der Waals surface area (Å²) in [6, 6.07) is 18.1. The van der Waals surface area contributed by atoms with Gasteiger partial charge >= 0.3 is 0 Å². The van der Waals surface area contributed by atoms with Crippen LogP contribution < -0.4 is 0 Å². The number of aromatic nitrogens is 1. The van der Waals surface area contributed by atoms with Crippen molar-refractivity contribution in [1.82, 2.24) is 19.3 Å². The first kappa shape index (κ1) is 25.8. The molecular formula is C28H36N4O4S. The Morgan fingerprint density at radius 2 is 1.49 bits per heavy atom. The van der Waals surface area contributed by atoms with Crippen molar-refractivity contribution >= 4 is 33.3 Å². The number of carbonyl (C=O) groups is 2. The molecule has 198 valence electrons. The van der Waals surface area contributed by atoms with Gasteiger partial charge < -0.3 is 14.4 Å². The molecule has 8 nitrogen and oxygen atoms in total. The Hall–Kier alpha value is -2.85. The molecule has 1 aromatic heterocycles. The highest BCUT2D eigenvalue weighted by Gasteiger charge is 2.29. The number of hydrogen-bond acceptors (Lipinski definition) is 5. The van der Waals surface area contributed by atoms with E-state index in [1.165, 1.54) is 0 Å². The normalized spacial score (nSPS) is 19.4. The Bertz CT molecular complexity index is 1270. The summed E-state index contributed by atoms with van der Waals surface area (Å²) < 4.78 is 22.0. The molecular weight excluding hydrogens is 488 g/mol. The quantitative estimate of drug-likeness (QED) is 0.526. The monoisotopic (exact) mass is 524 g/mol. The van der Waals surface area contributed by atoms with Gasteiger partial charge in [-0.25, -0.2) is 0 Å². The number of benzene rings is 2. The minimum Gasteiger partial charge on any atom is -0.336 e. The lowest BCUT2D eigenvalue weighted by Gasteiger charge is -2.40. The number of fused-ring (bicyclic) bond motifs is 1. The molecule has 5 rings (SSSR count). The van der Waals surface area contributed by atoms with Crippen molar-refractivity contribution < 1.29 is 18.7 Å². The van der Waals surface area contributed by atoms with E-state index < -0.39 is 10.6 Å². The zero-order valence-electron chi connectivity index (χ0n) is 21.5. The second kappa shape index (κ2) is 10.5. The van der Waals surface area contributed by atoms with E-state index in [2.05, 4.69) is 18.7 Å². The molecule has 0 bridgehead atoms. The zero-order valence-corrected chi connectivity index (χ0v) is 22.4. The van der Waals surface area contributed by atoms with Crippen molar-refractivity contribution in [3.05, 3.63) is 71.4 Å². The van der Waals surface area contributed by atoms with Gasteiger partial charge in [0.1, 0.15) is 5.69 Å². The van der Waals surface area contributed by atoms with Crippen LogP contribution in [-0.2, 0) is 6.54 Å². The summed E-state index contributed by atoms with van der Waals surface area (Å²) in [5.41, 5.74) is 3.15. The summed E-state index contributed by atoms with van der Waals surface area (Å²) in [6.07, 6.45) is 0. The molecule has 2 amide bonds. The molecule has 2 saturated heterocycles. The highest BCUT2D eigenvalue weighted by atomic mass is 32.3. The van der Waals surface area contributed by atoms with E-state index in [0.717, 1.165) is 29.6 Å². The van der Waals surface area contributed by atoms with Crippen LogP contribution in [0.25, 0.3) is 10.9 Å². The van der Waals surface area contributed by atoms with Crippen molar-refractivity contribution in [1.29, 1.82) is 0 Å². The van der Waals surface area contributed by atoms with Gasteiger partial charge in [-0.1, -0.05) is 30.3 Å². The van der Waals surface area contributed by atoms with E-state index >= 15 is 0 Å². The molecule has 2 aliphatic rings. The summed E-state index contributed by atoms with van der Waals surface area (Å²) >= 11 is 0. The van der Waals surface area contributed by atoms with Crippen molar-refractivity contribution in [2.45, 2.75) is 26.4 Å². The molecule has 2 aromatic carbocycles. The van der Waals surface area contributed by atoms with Crippen LogP contribution in [0.3, 0.4) is 0 Å². The third kappa shape index (κ3) is 5.55. The molecule has 2 aliphatic heterocycles. The number of rotatable bonds is 5. The molecule has 3 heterocycles. The minimum absolute atomic E-state index is 0.0234. The highest BCUT2D eigenvalue weighted by Crippen LogP contribution is 2.40. The predicted octanol–water partition coefficient (Wildman–Crippen LogP) is 4.06. The van der Waals surface area contributed by atoms with Gasteiger partial charge in [0, 0.05) is 68.3 Å². The van der Waals surface area contributed by atoms with Crippen molar-refractivity contribution in [3.63, 3.8) is 0 Å². The zero-order chi connectivity index (χ0) is 26.2. The first-order chi connectivity index (χ1) is 17.7. The van der Waals surface area contributed by atoms with Gasteiger partial charge in [-0.3, -0.25) is 23.6 Å². The van der Waals surface area contributed by atoms with Crippen LogP contribution in [0.1, 0.15) is 40.3 Å². The first-order valence-electron chi connectivity index (χ1n) is 13.0. The fraction of sp³-hybridized carbons (Fsp3) is 0.429. The van der Waals surface area contributed by atoms with E-state index in [1.54, 1.807) is 4.90 Å². The van der Waals surface area contributed by atoms with Crippen LogP contribution >= 0.6 is 10.6 Å². The summed E-state index contributed by atoms with van der Waals surface area (Å²) in [5.74, 6) is 0.316. The summed E-state index contributed by atoms with van der Waals surface area (Å²) in [4.78, 5) is 32.9. The van der Waals surface area contributed by atoms with Gasteiger partial charge in [0.15, 0.2) is 0 Å². The molecule has 0 atom stereocenters. The van der Waals surface area contributed by atoms with E-state index in [1.807, 2.05) is 64.1 Å². The fourth-order valence-electron chi connectivity index (χ4n) is 5.23. The lowest BCUT2D eigenvalue weighted by molar-refractivity contribution is 0.0595. The number of hydrogen-bond donors (Lipinski definition) is 2. The molecule has 2 fully saturated rings. The Labute approximate surface area is 219 Å². The predicted molar refractivity (Wildman–Crippen MR) is 149 cm³/mol. The number of piperazine rings is 1. The molecule has 0 aliphatic carbocycles. The Morgan fingerprint density at radius 1 is 0.838 bits per heavy atom. The number of amides is 2. The van der Waals surface area contributed by atoms with Gasteiger partial charge in [-0.15, -0.1) is 0 Å². The van der Waals surface area contributed by atoms with Crippen molar-refractivity contribution in [2.24, 2.45) is 0 Å². The van der Waals surface area contributed by atoms with Gasteiger partial charge in [-0.05, 0) is 43.7 Å². The molecule has 0 saturated carbocycles. The topological polar surface area (TPSA) is 89.2 Å². The smallest absolute Gasteiger partial charge is 0.270 e.